The van der Waals surface area contributed by atoms with Crippen LogP contribution < -0.4 is 0 Å². The van der Waals surface area contributed by atoms with E-state index in [2.05, 4.69) is 4.99 Å². The van der Waals surface area contributed by atoms with Crippen molar-refractivity contribution >= 4 is 34.1 Å². The number of para-hydroxylation sites is 1. The molecule has 0 amide bonds. The zero-order valence-corrected chi connectivity index (χ0v) is 17.5. The number of hydrogen-bond acceptors (Lipinski definition) is 9. The van der Waals surface area contributed by atoms with Crippen LogP contribution in [0.1, 0.15) is 22.3 Å². The van der Waals surface area contributed by atoms with Crippen molar-refractivity contribution < 1.29 is 19.7 Å². The Hall–Kier alpha value is -5.07. The SMILES string of the molecule is Cc1cc2c(c([N+](=O)[O-])c1)-c1c(cc([N+](=O)[O-])cc1[N+](=O)[O-])C2=Nc1c(C)cccc1[N+](=O)[O-]. The Morgan fingerprint density at radius 2 is 1.24 bits per heavy atom. The summed E-state index contributed by atoms with van der Waals surface area (Å²) >= 11 is 0. The molecule has 0 spiro atoms. The summed E-state index contributed by atoms with van der Waals surface area (Å²) in [5, 5.41) is 46.8. The van der Waals surface area contributed by atoms with E-state index in [1.54, 1.807) is 19.9 Å². The van der Waals surface area contributed by atoms with Gasteiger partial charge in [0.15, 0.2) is 0 Å². The molecule has 0 heterocycles. The molecule has 3 aromatic carbocycles. The molecule has 0 unspecified atom stereocenters. The van der Waals surface area contributed by atoms with Crippen molar-refractivity contribution in [2.75, 3.05) is 0 Å². The Bertz CT molecular complexity index is 1490. The first-order valence-electron chi connectivity index (χ1n) is 9.61. The van der Waals surface area contributed by atoms with E-state index in [9.17, 15) is 40.5 Å². The van der Waals surface area contributed by atoms with Gasteiger partial charge in [-0.1, -0.05) is 12.1 Å². The molecule has 0 N–H and O–H groups in total. The highest BCUT2D eigenvalue weighted by Crippen LogP contribution is 2.50. The number of non-ortho nitro benzene ring substituents is 1. The molecule has 0 aliphatic heterocycles. The van der Waals surface area contributed by atoms with Crippen LogP contribution >= 0.6 is 0 Å². The van der Waals surface area contributed by atoms with E-state index in [-0.39, 0.29) is 39.3 Å². The number of nitro groups is 4. The molecule has 170 valence electrons. The standard InChI is InChI=1S/C21H13N5O8/c1-10-6-13-18(16(7-10)25(31)32)19-14(8-12(23(27)28)9-17(19)26(33)34)21(13)22-20-11(2)4-3-5-15(20)24(29)30/h3-9H,1-2H3. The van der Waals surface area contributed by atoms with Crippen molar-refractivity contribution in [2.45, 2.75) is 13.8 Å². The highest BCUT2D eigenvalue weighted by Gasteiger charge is 2.40. The first-order valence-corrected chi connectivity index (χ1v) is 9.61. The minimum Gasteiger partial charge on any atom is -0.258 e. The van der Waals surface area contributed by atoms with Crippen molar-refractivity contribution in [1.82, 2.24) is 0 Å². The minimum atomic E-state index is -0.863. The lowest BCUT2D eigenvalue weighted by Crippen LogP contribution is -2.02. The van der Waals surface area contributed by atoms with Gasteiger partial charge in [0.2, 0.25) is 0 Å². The lowest BCUT2D eigenvalue weighted by atomic mass is 10.00. The van der Waals surface area contributed by atoms with Gasteiger partial charge in [0.1, 0.15) is 5.69 Å². The summed E-state index contributed by atoms with van der Waals surface area (Å²) in [5.41, 5.74) is -1.74. The Balaban J connectivity index is 2.22. The quantitative estimate of drug-likeness (QED) is 0.289. The molecule has 34 heavy (non-hydrogen) atoms. The molecule has 1 aliphatic carbocycles. The number of aryl methyl sites for hydroxylation is 2. The Labute approximate surface area is 189 Å². The predicted molar refractivity (Wildman–Crippen MR) is 120 cm³/mol. The van der Waals surface area contributed by atoms with Crippen molar-refractivity contribution in [3.05, 3.63) is 105 Å². The van der Waals surface area contributed by atoms with Crippen LogP contribution in [0.2, 0.25) is 0 Å². The van der Waals surface area contributed by atoms with Crippen LogP contribution in [0.4, 0.5) is 28.4 Å². The average Bonchev–Trinajstić information content (AvgIpc) is 3.06. The molecule has 1 aliphatic rings. The lowest BCUT2D eigenvalue weighted by Gasteiger charge is -2.06. The third-order valence-corrected chi connectivity index (χ3v) is 5.37. The molecular weight excluding hydrogens is 450 g/mol. The first kappa shape index (κ1) is 22.1. The molecule has 0 saturated carbocycles. The van der Waals surface area contributed by atoms with Crippen LogP contribution in [0, 0.1) is 54.3 Å². The maximum atomic E-state index is 11.8. The molecule has 3 aromatic rings. The Morgan fingerprint density at radius 3 is 1.79 bits per heavy atom. The van der Waals surface area contributed by atoms with E-state index in [0.717, 1.165) is 12.1 Å². The van der Waals surface area contributed by atoms with Gasteiger partial charge in [-0.25, -0.2) is 4.99 Å². The molecule has 0 aromatic heterocycles. The van der Waals surface area contributed by atoms with E-state index < -0.39 is 36.8 Å². The van der Waals surface area contributed by atoms with Crippen LogP contribution in [0.25, 0.3) is 11.1 Å². The number of nitrogens with zero attached hydrogens (tertiary/aromatic N) is 5. The van der Waals surface area contributed by atoms with Gasteiger partial charge in [0.25, 0.3) is 22.7 Å². The summed E-state index contributed by atoms with van der Waals surface area (Å²) < 4.78 is 0. The fraction of sp³-hybridized carbons (Fsp3) is 0.0952. The third kappa shape index (κ3) is 3.40. The zero-order chi connectivity index (χ0) is 24.9. The van der Waals surface area contributed by atoms with Gasteiger partial charge >= 0.3 is 0 Å². The van der Waals surface area contributed by atoms with Gasteiger partial charge in [-0.05, 0) is 31.0 Å². The maximum Gasteiger partial charge on any atom is 0.295 e. The molecule has 0 atom stereocenters. The van der Waals surface area contributed by atoms with E-state index in [0.29, 0.717) is 11.1 Å². The van der Waals surface area contributed by atoms with Crippen LogP contribution in [0.3, 0.4) is 0 Å². The van der Waals surface area contributed by atoms with E-state index >= 15 is 0 Å². The maximum absolute atomic E-state index is 11.8. The molecule has 0 fully saturated rings. The fourth-order valence-corrected chi connectivity index (χ4v) is 3.99. The molecule has 0 bridgehead atoms. The van der Waals surface area contributed by atoms with E-state index in [4.69, 9.17) is 0 Å². The normalized spacial score (nSPS) is 12.8. The number of fused-ring (bicyclic) bond motifs is 3. The lowest BCUT2D eigenvalue weighted by molar-refractivity contribution is -0.394. The summed E-state index contributed by atoms with van der Waals surface area (Å²) in [6, 6.07) is 8.73. The summed E-state index contributed by atoms with van der Waals surface area (Å²) in [7, 11) is 0. The smallest absolute Gasteiger partial charge is 0.258 e. The average molecular weight is 463 g/mol. The molecule has 13 nitrogen and oxygen atoms in total. The number of nitro benzene ring substituents is 4. The second-order valence-corrected chi connectivity index (χ2v) is 7.53. The number of aliphatic imine (C=N–C) groups is 1. The Morgan fingerprint density at radius 1 is 0.676 bits per heavy atom. The largest absolute Gasteiger partial charge is 0.295 e. The van der Waals surface area contributed by atoms with Gasteiger partial charge < -0.3 is 0 Å². The first-order chi connectivity index (χ1) is 16.0. The van der Waals surface area contributed by atoms with Crippen LogP contribution in [-0.4, -0.2) is 25.4 Å². The van der Waals surface area contributed by atoms with Crippen molar-refractivity contribution in [2.24, 2.45) is 4.99 Å². The summed E-state index contributed by atoms with van der Waals surface area (Å²) in [6.07, 6.45) is 0. The summed E-state index contributed by atoms with van der Waals surface area (Å²) in [5.74, 6) is 0. The van der Waals surface area contributed by atoms with Crippen molar-refractivity contribution in [3.63, 3.8) is 0 Å². The molecule has 0 radical (unpaired) electrons. The van der Waals surface area contributed by atoms with E-state index in [1.807, 2.05) is 0 Å². The molecule has 4 rings (SSSR count). The monoisotopic (exact) mass is 463 g/mol. The second-order valence-electron chi connectivity index (χ2n) is 7.53. The van der Waals surface area contributed by atoms with Crippen molar-refractivity contribution in [1.29, 1.82) is 0 Å². The number of benzene rings is 3. The van der Waals surface area contributed by atoms with Crippen LogP contribution in [0.15, 0.2) is 47.5 Å². The van der Waals surface area contributed by atoms with Crippen LogP contribution in [0.5, 0.6) is 0 Å². The minimum absolute atomic E-state index is 0.0685. The molecule has 0 saturated heterocycles. The molecular formula is C21H13N5O8. The summed E-state index contributed by atoms with van der Waals surface area (Å²) in [4.78, 5) is 48.1. The topological polar surface area (TPSA) is 185 Å². The van der Waals surface area contributed by atoms with Gasteiger partial charge in [0.05, 0.1) is 42.6 Å². The fourth-order valence-electron chi connectivity index (χ4n) is 3.99. The van der Waals surface area contributed by atoms with Crippen LogP contribution in [-0.2, 0) is 0 Å². The van der Waals surface area contributed by atoms with E-state index in [1.165, 1.54) is 24.3 Å². The van der Waals surface area contributed by atoms with Gasteiger partial charge in [-0.15, -0.1) is 0 Å². The highest BCUT2D eigenvalue weighted by atomic mass is 16.6. The van der Waals surface area contributed by atoms with Gasteiger partial charge in [-0.2, -0.15) is 0 Å². The number of rotatable bonds is 5. The third-order valence-electron chi connectivity index (χ3n) is 5.37. The predicted octanol–water partition coefficient (Wildman–Crippen LogP) is 5.09. The van der Waals surface area contributed by atoms with Gasteiger partial charge in [-0.3, -0.25) is 40.5 Å². The Kier molecular flexibility index (Phi) is 5.08. The summed E-state index contributed by atoms with van der Waals surface area (Å²) in [6.45, 7) is 3.14. The zero-order valence-electron chi connectivity index (χ0n) is 17.5. The molecule has 13 heteroatoms. The van der Waals surface area contributed by atoms with Crippen molar-refractivity contribution in [3.8, 4) is 11.1 Å². The number of hydrogen-bond donors (Lipinski definition) is 0. The second kappa shape index (κ2) is 7.81. The highest BCUT2D eigenvalue weighted by molar-refractivity contribution is 6.28. The van der Waals surface area contributed by atoms with Gasteiger partial charge in [0, 0.05) is 29.3 Å².